The number of nitrogens with one attached hydrogen (secondary N) is 1. The highest BCUT2D eigenvalue weighted by Gasteiger charge is 2.28. The Bertz CT molecular complexity index is 1110. The third-order valence-corrected chi connectivity index (χ3v) is 5.59. The third kappa shape index (κ3) is 3.60. The Kier molecular flexibility index (Phi) is 4.82. The number of hydrogen-bond acceptors (Lipinski definition) is 4. The number of nitrogens with zero attached hydrogens (tertiary/aromatic N) is 1. The first kappa shape index (κ1) is 19.5. The zero-order valence-corrected chi connectivity index (χ0v) is 17.0. The molecule has 1 amide bonds. The van der Waals surface area contributed by atoms with Gasteiger partial charge in [0.2, 0.25) is 0 Å². The number of aromatic amines is 1. The van der Waals surface area contributed by atoms with Crippen LogP contribution < -0.4 is 5.56 Å². The minimum atomic E-state index is -0.343. The molecular formula is C23H26N2O4. The number of amides is 1. The fourth-order valence-corrected chi connectivity index (χ4v) is 3.90. The Morgan fingerprint density at radius 2 is 1.97 bits per heavy atom. The molecule has 2 N–H and O–H groups in total. The number of rotatable bonds is 2. The molecule has 2 aromatic heterocycles. The quantitative estimate of drug-likeness (QED) is 0.694. The molecule has 29 heavy (non-hydrogen) atoms. The highest BCUT2D eigenvalue weighted by Crippen LogP contribution is 2.37. The first-order chi connectivity index (χ1) is 13.8. The van der Waals surface area contributed by atoms with Crippen LogP contribution >= 0.6 is 0 Å². The summed E-state index contributed by atoms with van der Waals surface area (Å²) in [5.74, 6) is -0.102. The van der Waals surface area contributed by atoms with Gasteiger partial charge >= 0.3 is 0 Å². The molecule has 6 heteroatoms. The molecule has 0 aliphatic carbocycles. The van der Waals surface area contributed by atoms with E-state index < -0.39 is 0 Å². The summed E-state index contributed by atoms with van der Waals surface area (Å²) in [4.78, 5) is 30.0. The Morgan fingerprint density at radius 3 is 2.62 bits per heavy atom. The molecule has 3 heterocycles. The van der Waals surface area contributed by atoms with Gasteiger partial charge in [0.15, 0.2) is 0 Å². The summed E-state index contributed by atoms with van der Waals surface area (Å²) in [6.45, 7) is 7.29. The highest BCUT2D eigenvalue weighted by atomic mass is 16.3. The van der Waals surface area contributed by atoms with Gasteiger partial charge in [-0.05, 0) is 48.1 Å². The van der Waals surface area contributed by atoms with Gasteiger partial charge in [0.1, 0.15) is 11.8 Å². The van der Waals surface area contributed by atoms with Crippen molar-refractivity contribution in [2.75, 3.05) is 13.1 Å². The zero-order valence-electron chi connectivity index (χ0n) is 17.0. The second-order valence-electron chi connectivity index (χ2n) is 8.74. The number of fused-ring (bicyclic) bond motifs is 1. The van der Waals surface area contributed by atoms with Crippen LogP contribution in [0, 0.1) is 0 Å². The van der Waals surface area contributed by atoms with Gasteiger partial charge in [-0.2, -0.15) is 0 Å². The number of benzene rings is 1. The lowest BCUT2D eigenvalue weighted by molar-refractivity contribution is 0.0547. The van der Waals surface area contributed by atoms with Crippen LogP contribution in [0.1, 0.15) is 49.5 Å². The van der Waals surface area contributed by atoms with E-state index in [1.165, 1.54) is 6.26 Å². The number of furan rings is 1. The van der Waals surface area contributed by atoms with Gasteiger partial charge in [0.05, 0.1) is 11.7 Å². The van der Waals surface area contributed by atoms with Crippen LogP contribution in [-0.2, 0) is 5.41 Å². The predicted molar refractivity (Wildman–Crippen MR) is 112 cm³/mol. The first-order valence-electron chi connectivity index (χ1n) is 9.97. The van der Waals surface area contributed by atoms with Crippen molar-refractivity contribution in [2.24, 2.45) is 0 Å². The number of carbonyl (C=O) groups excluding carboxylic acids is 1. The number of piperidine rings is 1. The SMILES string of the molecule is CC(C)(C)c1cc(-c2ccc[nH]c2=O)cc2c(C(=O)N3CCC(O)CC3)coc12. The molecule has 0 unspecified atom stereocenters. The second-order valence-corrected chi connectivity index (χ2v) is 8.74. The van der Waals surface area contributed by atoms with Gasteiger partial charge in [-0.25, -0.2) is 0 Å². The number of H-pyrrole nitrogens is 1. The van der Waals surface area contributed by atoms with Crippen LogP contribution in [0.4, 0.5) is 0 Å². The van der Waals surface area contributed by atoms with E-state index in [1.807, 2.05) is 12.1 Å². The van der Waals surface area contributed by atoms with Crippen molar-refractivity contribution in [3.05, 3.63) is 58.2 Å². The van der Waals surface area contributed by atoms with E-state index in [9.17, 15) is 14.7 Å². The summed E-state index contributed by atoms with van der Waals surface area (Å²) in [6, 6.07) is 7.41. The van der Waals surface area contributed by atoms with Gasteiger partial charge < -0.3 is 19.4 Å². The van der Waals surface area contributed by atoms with Crippen LogP contribution in [0.3, 0.4) is 0 Å². The Hall–Kier alpha value is -2.86. The van der Waals surface area contributed by atoms with E-state index in [1.54, 1.807) is 23.2 Å². The van der Waals surface area contributed by atoms with Crippen molar-refractivity contribution in [1.29, 1.82) is 0 Å². The molecule has 0 spiro atoms. The van der Waals surface area contributed by atoms with Crippen LogP contribution in [-0.4, -0.2) is 40.1 Å². The molecular weight excluding hydrogens is 368 g/mol. The standard InChI is InChI=1S/C23H26N2O4/c1-23(2,3)19-12-14(16-5-4-8-24-21(16)27)11-17-18(13-29-20(17)19)22(28)25-9-6-15(26)7-10-25/h4-5,8,11-13,15,26H,6-7,9-10H2,1-3H3,(H,24,27). The molecule has 0 radical (unpaired) electrons. The first-order valence-corrected chi connectivity index (χ1v) is 9.97. The molecule has 0 saturated carbocycles. The number of aliphatic hydroxyl groups is 1. The van der Waals surface area contributed by atoms with Crippen molar-refractivity contribution >= 4 is 16.9 Å². The minimum Gasteiger partial charge on any atom is -0.463 e. The van der Waals surface area contributed by atoms with Crippen LogP contribution in [0.15, 0.2) is 45.9 Å². The number of likely N-dealkylation sites (tertiary alicyclic amines) is 1. The lowest BCUT2D eigenvalue weighted by atomic mass is 9.84. The Morgan fingerprint density at radius 1 is 1.24 bits per heavy atom. The molecule has 0 atom stereocenters. The topological polar surface area (TPSA) is 86.5 Å². The molecule has 6 nitrogen and oxygen atoms in total. The van der Waals surface area contributed by atoms with E-state index in [-0.39, 0.29) is 23.0 Å². The van der Waals surface area contributed by atoms with Crippen LogP contribution in [0.2, 0.25) is 0 Å². The molecule has 4 rings (SSSR count). The molecule has 1 fully saturated rings. The fourth-order valence-electron chi connectivity index (χ4n) is 3.90. The molecule has 152 valence electrons. The summed E-state index contributed by atoms with van der Waals surface area (Å²) in [5, 5.41) is 10.5. The molecule has 1 aromatic carbocycles. The van der Waals surface area contributed by atoms with Crippen LogP contribution in [0.25, 0.3) is 22.1 Å². The van der Waals surface area contributed by atoms with E-state index in [0.29, 0.717) is 48.0 Å². The maximum absolute atomic E-state index is 13.2. The molecule has 0 bridgehead atoms. The van der Waals surface area contributed by atoms with Crippen molar-refractivity contribution in [3.63, 3.8) is 0 Å². The lowest BCUT2D eigenvalue weighted by Crippen LogP contribution is -2.39. The second kappa shape index (κ2) is 7.19. The van der Waals surface area contributed by atoms with Gasteiger partial charge in [-0.15, -0.1) is 0 Å². The number of aliphatic hydroxyl groups excluding tert-OH is 1. The number of carbonyl (C=O) groups is 1. The summed E-state index contributed by atoms with van der Waals surface area (Å²) in [6.07, 6.45) is 3.95. The number of hydrogen-bond donors (Lipinski definition) is 2. The molecule has 1 aliphatic heterocycles. The minimum absolute atomic E-state index is 0.102. The Balaban J connectivity index is 1.88. The maximum atomic E-state index is 13.2. The van der Waals surface area contributed by atoms with E-state index in [2.05, 4.69) is 25.8 Å². The lowest BCUT2D eigenvalue weighted by Gasteiger charge is -2.29. The summed E-state index contributed by atoms with van der Waals surface area (Å²) in [5.41, 5.74) is 3.03. The molecule has 3 aromatic rings. The van der Waals surface area contributed by atoms with Crippen molar-refractivity contribution < 1.29 is 14.3 Å². The zero-order chi connectivity index (χ0) is 20.8. The summed E-state index contributed by atoms with van der Waals surface area (Å²) < 4.78 is 5.88. The van der Waals surface area contributed by atoms with Crippen molar-refractivity contribution in [3.8, 4) is 11.1 Å². The van der Waals surface area contributed by atoms with Gasteiger partial charge in [0.25, 0.3) is 11.5 Å². The number of aromatic nitrogens is 1. The summed E-state index contributed by atoms with van der Waals surface area (Å²) >= 11 is 0. The summed E-state index contributed by atoms with van der Waals surface area (Å²) in [7, 11) is 0. The predicted octanol–water partition coefficient (Wildman–Crippen LogP) is 3.68. The fraction of sp³-hybridized carbons (Fsp3) is 0.391. The van der Waals surface area contributed by atoms with Gasteiger partial charge in [-0.1, -0.05) is 20.8 Å². The van der Waals surface area contributed by atoms with Crippen molar-refractivity contribution in [1.82, 2.24) is 9.88 Å². The van der Waals surface area contributed by atoms with E-state index >= 15 is 0 Å². The highest BCUT2D eigenvalue weighted by molar-refractivity contribution is 6.07. The average Bonchev–Trinajstić information content (AvgIpc) is 3.10. The van der Waals surface area contributed by atoms with Gasteiger partial charge in [0, 0.05) is 35.8 Å². The smallest absolute Gasteiger partial charge is 0.257 e. The molecule has 1 saturated heterocycles. The van der Waals surface area contributed by atoms with E-state index in [0.717, 1.165) is 11.1 Å². The van der Waals surface area contributed by atoms with E-state index in [4.69, 9.17) is 4.42 Å². The third-order valence-electron chi connectivity index (χ3n) is 5.59. The molecule has 1 aliphatic rings. The number of pyridine rings is 1. The van der Waals surface area contributed by atoms with Crippen LogP contribution in [0.5, 0.6) is 0 Å². The Labute approximate surface area is 169 Å². The largest absolute Gasteiger partial charge is 0.463 e. The normalized spacial score (nSPS) is 15.8. The average molecular weight is 394 g/mol. The van der Waals surface area contributed by atoms with Crippen molar-refractivity contribution in [2.45, 2.75) is 45.1 Å². The monoisotopic (exact) mass is 394 g/mol. The van der Waals surface area contributed by atoms with Gasteiger partial charge in [-0.3, -0.25) is 9.59 Å². The maximum Gasteiger partial charge on any atom is 0.257 e.